The van der Waals surface area contributed by atoms with Gasteiger partial charge in [-0.25, -0.2) is 0 Å². The molecule has 1 saturated heterocycles. The number of likely N-dealkylation sites (N-methyl/N-ethyl adjacent to an activating group) is 1. The van der Waals surface area contributed by atoms with E-state index >= 15 is 0 Å². The lowest BCUT2D eigenvalue weighted by Crippen LogP contribution is -2.54. The standard InChI is InChI=1S/C13H23NO3S/c1-9-11(5-7-17-9)18-10-4-3-6-13(8-10,14-2)12(15)16/h9-11,14H,3-8H2,1-2H3,(H,15,16). The van der Waals surface area contributed by atoms with Gasteiger partial charge in [0.15, 0.2) is 0 Å². The van der Waals surface area contributed by atoms with Crippen molar-refractivity contribution in [3.05, 3.63) is 0 Å². The van der Waals surface area contributed by atoms with Gasteiger partial charge in [-0.05, 0) is 46.1 Å². The molecule has 1 heterocycles. The van der Waals surface area contributed by atoms with Crippen LogP contribution in [0.15, 0.2) is 0 Å². The average molecular weight is 273 g/mol. The number of hydrogen-bond acceptors (Lipinski definition) is 4. The van der Waals surface area contributed by atoms with E-state index in [1.165, 1.54) is 0 Å². The molecule has 1 aliphatic carbocycles. The van der Waals surface area contributed by atoms with Crippen LogP contribution < -0.4 is 5.32 Å². The maximum Gasteiger partial charge on any atom is 0.323 e. The van der Waals surface area contributed by atoms with Crippen molar-refractivity contribution in [2.24, 2.45) is 0 Å². The number of thioether (sulfide) groups is 1. The van der Waals surface area contributed by atoms with Crippen molar-refractivity contribution in [2.75, 3.05) is 13.7 Å². The number of rotatable bonds is 4. The van der Waals surface area contributed by atoms with Crippen molar-refractivity contribution in [3.63, 3.8) is 0 Å². The molecule has 2 fully saturated rings. The zero-order valence-electron chi connectivity index (χ0n) is 11.1. The van der Waals surface area contributed by atoms with Crippen molar-refractivity contribution in [1.82, 2.24) is 5.32 Å². The highest BCUT2D eigenvalue weighted by atomic mass is 32.2. The zero-order chi connectivity index (χ0) is 13.2. The third kappa shape index (κ3) is 2.83. The smallest absolute Gasteiger partial charge is 0.323 e. The molecule has 0 radical (unpaired) electrons. The van der Waals surface area contributed by atoms with Crippen LogP contribution in [0.25, 0.3) is 0 Å². The lowest BCUT2D eigenvalue weighted by atomic mass is 9.81. The van der Waals surface area contributed by atoms with Crippen LogP contribution in [0.3, 0.4) is 0 Å². The summed E-state index contributed by atoms with van der Waals surface area (Å²) in [7, 11) is 1.77. The van der Waals surface area contributed by atoms with Crippen LogP contribution in [0.2, 0.25) is 0 Å². The minimum atomic E-state index is -0.710. The molecule has 18 heavy (non-hydrogen) atoms. The monoisotopic (exact) mass is 273 g/mol. The molecule has 0 bridgehead atoms. The van der Waals surface area contributed by atoms with Gasteiger partial charge in [0.05, 0.1) is 6.10 Å². The van der Waals surface area contributed by atoms with E-state index in [-0.39, 0.29) is 0 Å². The molecule has 0 amide bonds. The summed E-state index contributed by atoms with van der Waals surface area (Å²) in [5.74, 6) is -0.703. The van der Waals surface area contributed by atoms with E-state index in [0.29, 0.717) is 16.6 Å². The Morgan fingerprint density at radius 1 is 1.50 bits per heavy atom. The van der Waals surface area contributed by atoms with Gasteiger partial charge in [0.2, 0.25) is 0 Å². The van der Waals surface area contributed by atoms with Gasteiger partial charge in [0.1, 0.15) is 5.54 Å². The molecule has 1 aliphatic heterocycles. The van der Waals surface area contributed by atoms with Crippen LogP contribution in [0.1, 0.15) is 39.0 Å². The minimum absolute atomic E-state index is 0.311. The van der Waals surface area contributed by atoms with Gasteiger partial charge in [-0.3, -0.25) is 4.79 Å². The maximum atomic E-state index is 11.5. The molecule has 2 N–H and O–H groups in total. The fourth-order valence-corrected chi connectivity index (χ4v) is 4.72. The third-order valence-electron chi connectivity index (χ3n) is 4.27. The summed E-state index contributed by atoms with van der Waals surface area (Å²) in [4.78, 5) is 11.5. The largest absolute Gasteiger partial charge is 0.480 e. The molecule has 0 aromatic carbocycles. The molecule has 5 heteroatoms. The van der Waals surface area contributed by atoms with Crippen molar-refractivity contribution < 1.29 is 14.6 Å². The molecular weight excluding hydrogens is 250 g/mol. The first kappa shape index (κ1) is 14.2. The summed E-state index contributed by atoms with van der Waals surface area (Å²) in [6, 6.07) is 0. The third-order valence-corrected chi connectivity index (χ3v) is 6.02. The molecule has 0 aromatic rings. The normalized spacial score (nSPS) is 40.9. The summed E-state index contributed by atoms with van der Waals surface area (Å²) in [5, 5.41) is 13.4. The number of carboxylic acids is 1. The van der Waals surface area contributed by atoms with E-state index in [9.17, 15) is 9.90 Å². The van der Waals surface area contributed by atoms with E-state index in [0.717, 1.165) is 38.7 Å². The van der Waals surface area contributed by atoms with Crippen LogP contribution >= 0.6 is 11.8 Å². The summed E-state index contributed by atoms with van der Waals surface area (Å²) in [5.41, 5.74) is -0.710. The summed E-state index contributed by atoms with van der Waals surface area (Å²) in [6.45, 7) is 2.97. The van der Waals surface area contributed by atoms with Gasteiger partial charge in [0.25, 0.3) is 0 Å². The molecule has 2 aliphatic rings. The van der Waals surface area contributed by atoms with Crippen molar-refractivity contribution >= 4 is 17.7 Å². The average Bonchev–Trinajstić information content (AvgIpc) is 2.75. The highest BCUT2D eigenvalue weighted by Crippen LogP contribution is 2.39. The Kier molecular flexibility index (Phi) is 4.56. The Labute approximate surface area is 113 Å². The minimum Gasteiger partial charge on any atom is -0.480 e. The van der Waals surface area contributed by atoms with Gasteiger partial charge in [-0.2, -0.15) is 11.8 Å². The van der Waals surface area contributed by atoms with Crippen LogP contribution in [0, 0.1) is 0 Å². The summed E-state index contributed by atoms with van der Waals surface area (Å²) < 4.78 is 5.58. The maximum absolute atomic E-state index is 11.5. The SMILES string of the molecule is CNC1(C(=O)O)CCCC(SC2CCOC2C)C1. The number of hydrogen-bond donors (Lipinski definition) is 2. The van der Waals surface area contributed by atoms with E-state index in [1.807, 2.05) is 11.8 Å². The molecular formula is C13H23NO3S. The Morgan fingerprint density at radius 2 is 2.28 bits per heavy atom. The lowest BCUT2D eigenvalue weighted by molar-refractivity contribution is -0.146. The number of ether oxygens (including phenoxy) is 1. The van der Waals surface area contributed by atoms with E-state index in [4.69, 9.17) is 4.74 Å². The van der Waals surface area contributed by atoms with E-state index in [1.54, 1.807) is 7.05 Å². The van der Waals surface area contributed by atoms with E-state index in [2.05, 4.69) is 12.2 Å². The van der Waals surface area contributed by atoms with Crippen LogP contribution in [-0.4, -0.2) is 46.9 Å². The molecule has 1 saturated carbocycles. The first-order chi connectivity index (χ1) is 8.57. The highest BCUT2D eigenvalue weighted by Gasteiger charge is 2.43. The topological polar surface area (TPSA) is 58.6 Å². The van der Waals surface area contributed by atoms with Gasteiger partial charge in [0, 0.05) is 17.1 Å². The summed E-state index contributed by atoms with van der Waals surface area (Å²) >= 11 is 1.94. The Hall–Kier alpha value is -0.260. The first-order valence-corrected chi connectivity index (χ1v) is 7.71. The van der Waals surface area contributed by atoms with Gasteiger partial charge < -0.3 is 15.2 Å². The Bertz CT molecular complexity index is 313. The second-order valence-corrected chi connectivity index (χ2v) is 6.94. The number of carbonyl (C=O) groups is 1. The molecule has 2 rings (SSSR count). The molecule has 4 atom stereocenters. The molecule has 4 nitrogen and oxygen atoms in total. The van der Waals surface area contributed by atoms with Crippen LogP contribution in [-0.2, 0) is 9.53 Å². The predicted molar refractivity (Wildman–Crippen MR) is 73.1 cm³/mol. The number of nitrogens with one attached hydrogen (secondary N) is 1. The zero-order valence-corrected chi connectivity index (χ0v) is 12.0. The first-order valence-electron chi connectivity index (χ1n) is 6.77. The molecule has 104 valence electrons. The van der Waals surface area contributed by atoms with Crippen molar-refractivity contribution in [1.29, 1.82) is 0 Å². The summed E-state index contributed by atoms with van der Waals surface area (Å²) in [6.07, 6.45) is 5.00. The Morgan fingerprint density at radius 3 is 2.83 bits per heavy atom. The molecule has 0 spiro atoms. The Balaban J connectivity index is 1.95. The predicted octanol–water partition coefficient (Wildman–Crippen LogP) is 1.88. The van der Waals surface area contributed by atoms with Crippen molar-refractivity contribution in [2.45, 2.75) is 61.2 Å². The van der Waals surface area contributed by atoms with Gasteiger partial charge >= 0.3 is 5.97 Å². The van der Waals surface area contributed by atoms with E-state index < -0.39 is 11.5 Å². The van der Waals surface area contributed by atoms with Crippen molar-refractivity contribution in [3.8, 4) is 0 Å². The second-order valence-electron chi connectivity index (χ2n) is 5.39. The van der Waals surface area contributed by atoms with Gasteiger partial charge in [-0.1, -0.05) is 0 Å². The highest BCUT2D eigenvalue weighted by molar-refractivity contribution is 8.00. The molecule has 4 unspecified atom stereocenters. The van der Waals surface area contributed by atoms with Crippen LogP contribution in [0.5, 0.6) is 0 Å². The quantitative estimate of drug-likeness (QED) is 0.819. The van der Waals surface area contributed by atoms with Crippen LogP contribution in [0.4, 0.5) is 0 Å². The van der Waals surface area contributed by atoms with Gasteiger partial charge in [-0.15, -0.1) is 0 Å². The lowest BCUT2D eigenvalue weighted by Gasteiger charge is -2.38. The second kappa shape index (κ2) is 5.80. The number of carboxylic acid groups (broad SMARTS) is 1. The molecule has 0 aromatic heterocycles. The fourth-order valence-electron chi connectivity index (χ4n) is 3.01. The fraction of sp³-hybridized carbons (Fsp3) is 0.923. The number of aliphatic carboxylic acids is 1.